The molecular formula is C30H49N11O2. The lowest BCUT2D eigenvalue weighted by Crippen LogP contribution is -2.50. The highest BCUT2D eigenvalue weighted by atomic mass is 16.4. The molecule has 0 bridgehead atoms. The van der Waals surface area contributed by atoms with Crippen molar-refractivity contribution >= 4 is 29.4 Å². The maximum Gasteiger partial charge on any atom is 0.407 e. The summed E-state index contributed by atoms with van der Waals surface area (Å²) < 4.78 is 0. The third-order valence-corrected chi connectivity index (χ3v) is 7.91. The van der Waals surface area contributed by atoms with Crippen molar-refractivity contribution in [1.82, 2.24) is 24.7 Å². The number of carbonyl (C=O) groups is 1. The lowest BCUT2D eigenvalue weighted by Gasteiger charge is -2.35. The molecule has 2 aromatic rings. The molecule has 1 saturated heterocycles. The van der Waals surface area contributed by atoms with E-state index in [0.717, 1.165) is 48.6 Å². The summed E-state index contributed by atoms with van der Waals surface area (Å²) >= 11 is 0. The number of hydrogen-bond acceptors (Lipinski definition) is 7. The van der Waals surface area contributed by atoms with Gasteiger partial charge in [-0.15, -0.1) is 0 Å². The Morgan fingerprint density at radius 3 is 2.42 bits per heavy atom. The fourth-order valence-corrected chi connectivity index (χ4v) is 5.16. The maximum atomic E-state index is 12.2. The molecule has 1 amide bonds. The van der Waals surface area contributed by atoms with Crippen LogP contribution in [0, 0.1) is 13.8 Å². The molecular weight excluding hydrogens is 546 g/mol. The number of likely N-dealkylation sites (tertiary alicyclic amines) is 1. The first-order chi connectivity index (χ1) is 20.2. The second-order valence-corrected chi connectivity index (χ2v) is 12.1. The Bertz CT molecular complexity index is 1310. The van der Waals surface area contributed by atoms with Crippen LogP contribution in [0.15, 0.2) is 34.5 Å². The number of guanidine groups is 2. The molecule has 0 radical (unpaired) electrons. The number of nitrogens with zero attached hydrogens (tertiary/aromatic N) is 7. The number of pyridine rings is 2. The number of nitrogens with one attached hydrogen (secondary N) is 1. The Morgan fingerprint density at radius 2 is 1.79 bits per heavy atom. The monoisotopic (exact) mass is 595 g/mol. The van der Waals surface area contributed by atoms with Gasteiger partial charge in [-0.2, -0.15) is 0 Å². The van der Waals surface area contributed by atoms with Gasteiger partial charge >= 0.3 is 6.09 Å². The van der Waals surface area contributed by atoms with Gasteiger partial charge in [0.2, 0.25) is 0 Å². The molecule has 0 aliphatic carbocycles. The van der Waals surface area contributed by atoms with Crippen molar-refractivity contribution in [2.75, 3.05) is 52.1 Å². The normalized spacial score (nSPS) is 16.0. The molecule has 8 N–H and O–H groups in total. The smallest absolute Gasteiger partial charge is 0.407 e. The van der Waals surface area contributed by atoms with Crippen molar-refractivity contribution in [3.63, 3.8) is 0 Å². The minimum absolute atomic E-state index is 0.0368. The Kier molecular flexibility index (Phi) is 11.7. The fourth-order valence-electron chi connectivity index (χ4n) is 5.16. The number of amides is 1. The van der Waals surface area contributed by atoms with Crippen LogP contribution >= 0.6 is 0 Å². The number of aromatic nitrogens is 2. The predicted molar refractivity (Wildman–Crippen MR) is 173 cm³/mol. The fraction of sp³-hybridized carbons (Fsp3) is 0.567. The number of nitrogens with two attached hydrogens (primary N) is 3. The second kappa shape index (κ2) is 15.0. The van der Waals surface area contributed by atoms with Crippen molar-refractivity contribution in [3.05, 3.63) is 47.0 Å². The highest BCUT2D eigenvalue weighted by Gasteiger charge is 2.30. The number of hydrogen-bond donors (Lipinski definition) is 5. The Hall–Kier alpha value is -3.97. The summed E-state index contributed by atoms with van der Waals surface area (Å²) in [5, 5.41) is 13.2. The van der Waals surface area contributed by atoms with Gasteiger partial charge in [-0.25, -0.2) is 9.79 Å². The molecule has 0 spiro atoms. The summed E-state index contributed by atoms with van der Waals surface area (Å²) in [5.74, 6) is 0.178. The maximum absolute atomic E-state index is 12.2. The molecule has 1 aliphatic heterocycles. The van der Waals surface area contributed by atoms with Crippen molar-refractivity contribution in [3.8, 4) is 0 Å². The van der Waals surface area contributed by atoms with Gasteiger partial charge in [-0.05, 0) is 97.3 Å². The highest BCUT2D eigenvalue weighted by Crippen LogP contribution is 2.21. The summed E-state index contributed by atoms with van der Waals surface area (Å²) in [6.45, 7) is 11.1. The molecule has 1 aliphatic rings. The quantitative estimate of drug-likeness (QED) is 0.170. The van der Waals surface area contributed by atoms with Gasteiger partial charge in [0.25, 0.3) is 0 Å². The van der Waals surface area contributed by atoms with Crippen LogP contribution in [-0.2, 0) is 12.8 Å². The van der Waals surface area contributed by atoms with Crippen molar-refractivity contribution in [2.45, 2.75) is 65.0 Å². The van der Waals surface area contributed by atoms with E-state index in [4.69, 9.17) is 17.2 Å². The van der Waals surface area contributed by atoms with Gasteiger partial charge in [0, 0.05) is 38.1 Å². The van der Waals surface area contributed by atoms with Crippen LogP contribution in [0.3, 0.4) is 0 Å². The molecule has 236 valence electrons. The lowest BCUT2D eigenvalue weighted by atomic mass is 10.0. The number of likely N-dealkylation sites (N-methyl/N-ethyl adjacent to an activating group) is 1. The largest absolute Gasteiger partial charge is 0.465 e. The summed E-state index contributed by atoms with van der Waals surface area (Å²) in [4.78, 5) is 35.9. The van der Waals surface area contributed by atoms with Gasteiger partial charge in [-0.1, -0.05) is 0 Å². The number of rotatable bonds is 13. The lowest BCUT2D eigenvalue weighted by molar-refractivity contribution is 0.0951. The molecule has 3 heterocycles. The van der Waals surface area contributed by atoms with Gasteiger partial charge in [0.1, 0.15) is 0 Å². The van der Waals surface area contributed by atoms with Crippen molar-refractivity contribution in [2.24, 2.45) is 27.2 Å². The molecule has 43 heavy (non-hydrogen) atoms. The molecule has 1 fully saturated rings. The molecule has 3 rings (SSSR count). The van der Waals surface area contributed by atoms with Crippen LogP contribution in [0.2, 0.25) is 0 Å². The van der Waals surface area contributed by atoms with E-state index in [1.807, 2.05) is 40.0 Å². The van der Waals surface area contributed by atoms with E-state index in [1.54, 1.807) is 6.20 Å². The average Bonchev–Trinajstić information content (AvgIpc) is 3.41. The minimum Gasteiger partial charge on any atom is -0.465 e. The Balaban J connectivity index is 1.57. The van der Waals surface area contributed by atoms with Crippen LogP contribution in [-0.4, -0.2) is 106 Å². The zero-order chi connectivity index (χ0) is 31.7. The molecule has 13 nitrogen and oxygen atoms in total. The third-order valence-electron chi connectivity index (χ3n) is 7.91. The molecule has 1 atom stereocenters. The first-order valence-electron chi connectivity index (χ1n) is 14.7. The topological polar surface area (TPSA) is 188 Å². The van der Waals surface area contributed by atoms with Crippen molar-refractivity contribution in [1.29, 1.82) is 0 Å². The van der Waals surface area contributed by atoms with Crippen LogP contribution < -0.4 is 22.5 Å². The standard InChI is InChI=1S/C30H49N11O2/c1-20-25(37-27(31)32)14-22(16-34-20)8-7-11-41(29(42)43)30(3,4)19-36-28(33)38-26-15-23(17-35-21(26)2)9-12-40-13-10-24(18-40)39(5)6/h14-17,24H,7-13,18-19H2,1-6H3,(H,42,43)(H4,31,32,37)(H3,33,36,38). The zero-order valence-corrected chi connectivity index (χ0v) is 26.5. The summed E-state index contributed by atoms with van der Waals surface area (Å²) in [7, 11) is 4.28. The van der Waals surface area contributed by atoms with E-state index in [2.05, 4.69) is 55.2 Å². The summed E-state index contributed by atoms with van der Waals surface area (Å²) in [6.07, 6.45) is 5.95. The third kappa shape index (κ3) is 10.1. The second-order valence-electron chi connectivity index (χ2n) is 12.1. The Labute approximate surface area is 255 Å². The molecule has 0 saturated carbocycles. The van der Waals surface area contributed by atoms with E-state index in [9.17, 15) is 9.90 Å². The first kappa shape index (κ1) is 33.5. The molecule has 2 aromatic heterocycles. The number of anilines is 1. The van der Waals surface area contributed by atoms with E-state index in [-0.39, 0.29) is 18.5 Å². The molecule has 13 heteroatoms. The SMILES string of the molecule is Cc1ncc(CCCN(C(=O)O)C(C)(C)CN=C(N)Nc2cc(CCN3CCC(N(C)C)C3)cnc2C)cc1N=C(N)N. The summed E-state index contributed by atoms with van der Waals surface area (Å²) in [6, 6.07) is 4.55. The minimum atomic E-state index is -1.02. The van der Waals surface area contributed by atoms with Gasteiger partial charge in [0.05, 0.1) is 34.8 Å². The Morgan fingerprint density at radius 1 is 1.12 bits per heavy atom. The van der Waals surface area contributed by atoms with E-state index >= 15 is 0 Å². The number of aliphatic imine (C=N–C) groups is 2. The van der Waals surface area contributed by atoms with Gasteiger partial charge in [-0.3, -0.25) is 15.0 Å². The number of carboxylic acid groups (broad SMARTS) is 1. The summed E-state index contributed by atoms with van der Waals surface area (Å²) in [5.41, 5.74) is 21.5. The zero-order valence-electron chi connectivity index (χ0n) is 26.5. The van der Waals surface area contributed by atoms with E-state index in [0.29, 0.717) is 36.8 Å². The average molecular weight is 596 g/mol. The van der Waals surface area contributed by atoms with Crippen LogP contribution in [0.4, 0.5) is 16.2 Å². The first-order valence-corrected chi connectivity index (χ1v) is 14.7. The van der Waals surface area contributed by atoms with Gasteiger partial charge < -0.3 is 42.3 Å². The van der Waals surface area contributed by atoms with Crippen LogP contribution in [0.5, 0.6) is 0 Å². The number of aryl methyl sites for hydroxylation is 3. The highest BCUT2D eigenvalue weighted by molar-refractivity contribution is 5.92. The van der Waals surface area contributed by atoms with Crippen LogP contribution in [0.25, 0.3) is 0 Å². The van der Waals surface area contributed by atoms with Crippen molar-refractivity contribution < 1.29 is 9.90 Å². The molecule has 1 unspecified atom stereocenters. The van der Waals surface area contributed by atoms with Crippen LogP contribution in [0.1, 0.15) is 49.2 Å². The van der Waals surface area contributed by atoms with Gasteiger partial charge in [0.15, 0.2) is 11.9 Å². The van der Waals surface area contributed by atoms with E-state index < -0.39 is 11.6 Å². The molecule has 0 aromatic carbocycles. The predicted octanol–water partition coefficient (Wildman–Crippen LogP) is 2.29. The van der Waals surface area contributed by atoms with E-state index in [1.165, 1.54) is 11.3 Å².